The number of halogens is 1. The number of nitrogens with zero attached hydrogens (tertiary/aromatic N) is 1. The molecular formula is C19H22ClNO5S. The van der Waals surface area contributed by atoms with Gasteiger partial charge in [-0.05, 0) is 49.5 Å². The van der Waals surface area contributed by atoms with Crippen molar-refractivity contribution < 1.29 is 22.7 Å². The van der Waals surface area contributed by atoms with Crippen molar-refractivity contribution in [2.45, 2.75) is 38.3 Å². The molecule has 0 aromatic heterocycles. The first-order chi connectivity index (χ1) is 12.7. The molecule has 8 heteroatoms. The normalized spacial score (nSPS) is 21.3. The molecule has 1 amide bonds. The van der Waals surface area contributed by atoms with Crippen molar-refractivity contribution in [3.63, 3.8) is 0 Å². The maximum absolute atomic E-state index is 12.5. The molecule has 1 saturated heterocycles. The standard InChI is InChI=1S/C19H22ClNO5S/c1-13-2-3-14(10-17(13)20)4-7-19(23)26-11-18(22)21(15-5-6-15)16-8-9-27(24,25)12-16/h2-4,7,10,15-16H,5-6,8-9,11-12H2,1H3/b7-4+/t16-/m0/s1. The van der Waals surface area contributed by atoms with E-state index < -0.39 is 15.8 Å². The molecule has 6 nitrogen and oxygen atoms in total. The minimum Gasteiger partial charge on any atom is -0.452 e. The van der Waals surface area contributed by atoms with E-state index in [0.717, 1.165) is 24.0 Å². The van der Waals surface area contributed by atoms with Crippen LogP contribution in [0, 0.1) is 6.92 Å². The van der Waals surface area contributed by atoms with E-state index in [1.165, 1.54) is 6.08 Å². The van der Waals surface area contributed by atoms with Crippen LogP contribution in [0.15, 0.2) is 24.3 Å². The van der Waals surface area contributed by atoms with E-state index in [0.29, 0.717) is 11.4 Å². The van der Waals surface area contributed by atoms with E-state index in [2.05, 4.69) is 0 Å². The lowest BCUT2D eigenvalue weighted by Gasteiger charge is -2.28. The van der Waals surface area contributed by atoms with Crippen molar-refractivity contribution >= 4 is 39.4 Å². The molecule has 0 N–H and O–H groups in total. The Labute approximate surface area is 164 Å². The van der Waals surface area contributed by atoms with Crippen LogP contribution in [0.1, 0.15) is 30.4 Å². The Kier molecular flexibility index (Phi) is 5.91. The van der Waals surface area contributed by atoms with E-state index in [9.17, 15) is 18.0 Å². The summed E-state index contributed by atoms with van der Waals surface area (Å²) in [7, 11) is -3.08. The summed E-state index contributed by atoms with van der Waals surface area (Å²) in [4.78, 5) is 26.0. The minimum atomic E-state index is -3.08. The second kappa shape index (κ2) is 8.02. The van der Waals surface area contributed by atoms with Crippen molar-refractivity contribution in [2.24, 2.45) is 0 Å². The number of hydrogen-bond acceptors (Lipinski definition) is 5. The van der Waals surface area contributed by atoms with Crippen LogP contribution in [0.5, 0.6) is 0 Å². The van der Waals surface area contributed by atoms with E-state index in [4.69, 9.17) is 16.3 Å². The minimum absolute atomic E-state index is 0.00271. The van der Waals surface area contributed by atoms with E-state index in [-0.39, 0.29) is 36.1 Å². The van der Waals surface area contributed by atoms with Crippen LogP contribution < -0.4 is 0 Å². The molecular weight excluding hydrogens is 390 g/mol. The van der Waals surface area contributed by atoms with Gasteiger partial charge in [0.05, 0.1) is 11.5 Å². The van der Waals surface area contributed by atoms with Gasteiger partial charge in [-0.15, -0.1) is 0 Å². The first-order valence-electron chi connectivity index (χ1n) is 8.88. The molecule has 2 aliphatic rings. The smallest absolute Gasteiger partial charge is 0.331 e. The predicted octanol–water partition coefficient (Wildman–Crippen LogP) is 2.38. The van der Waals surface area contributed by atoms with Crippen molar-refractivity contribution in [1.82, 2.24) is 4.90 Å². The maximum Gasteiger partial charge on any atom is 0.331 e. The third-order valence-electron chi connectivity index (χ3n) is 4.78. The van der Waals surface area contributed by atoms with Crippen molar-refractivity contribution in [2.75, 3.05) is 18.1 Å². The van der Waals surface area contributed by atoms with Crippen molar-refractivity contribution in [3.8, 4) is 0 Å². The first kappa shape index (κ1) is 19.9. The Morgan fingerprint density at radius 1 is 1.26 bits per heavy atom. The van der Waals surface area contributed by atoms with Gasteiger partial charge >= 0.3 is 5.97 Å². The molecule has 0 unspecified atom stereocenters. The third kappa shape index (κ3) is 5.32. The molecule has 2 fully saturated rings. The van der Waals surface area contributed by atoms with Gasteiger partial charge in [0.15, 0.2) is 16.4 Å². The molecule has 1 aromatic rings. The zero-order chi connectivity index (χ0) is 19.6. The number of hydrogen-bond donors (Lipinski definition) is 0. The highest BCUT2D eigenvalue weighted by molar-refractivity contribution is 7.91. The van der Waals surface area contributed by atoms with Crippen LogP contribution in [-0.4, -0.2) is 55.4 Å². The number of sulfone groups is 1. The highest BCUT2D eigenvalue weighted by atomic mass is 35.5. The number of amides is 1. The largest absolute Gasteiger partial charge is 0.452 e. The third-order valence-corrected chi connectivity index (χ3v) is 6.93. The fraction of sp³-hybridized carbons (Fsp3) is 0.474. The fourth-order valence-electron chi connectivity index (χ4n) is 3.19. The molecule has 0 spiro atoms. The highest BCUT2D eigenvalue weighted by Gasteiger charge is 2.42. The van der Waals surface area contributed by atoms with Crippen LogP contribution in [0.2, 0.25) is 5.02 Å². The molecule has 27 heavy (non-hydrogen) atoms. The van der Waals surface area contributed by atoms with Gasteiger partial charge in [-0.25, -0.2) is 13.2 Å². The van der Waals surface area contributed by atoms with Gasteiger partial charge in [0.1, 0.15) is 0 Å². The quantitative estimate of drug-likeness (QED) is 0.530. The number of ether oxygens (including phenoxy) is 1. The molecule has 1 heterocycles. The van der Waals surface area contributed by atoms with Gasteiger partial charge in [-0.3, -0.25) is 4.79 Å². The molecule has 1 aliphatic carbocycles. The van der Waals surface area contributed by atoms with Gasteiger partial charge in [0.25, 0.3) is 5.91 Å². The molecule has 146 valence electrons. The lowest BCUT2D eigenvalue weighted by molar-refractivity contribution is -0.149. The Balaban J connectivity index is 1.54. The molecule has 1 aliphatic heterocycles. The first-order valence-corrected chi connectivity index (χ1v) is 11.1. The van der Waals surface area contributed by atoms with Gasteiger partial charge in [0.2, 0.25) is 0 Å². The van der Waals surface area contributed by atoms with E-state index >= 15 is 0 Å². The van der Waals surface area contributed by atoms with Gasteiger partial charge < -0.3 is 9.64 Å². The van der Waals surface area contributed by atoms with Crippen LogP contribution in [0.3, 0.4) is 0 Å². The number of esters is 1. The average Bonchev–Trinajstić information content (AvgIpc) is 3.37. The lowest BCUT2D eigenvalue weighted by atomic mass is 10.1. The summed E-state index contributed by atoms with van der Waals surface area (Å²) >= 11 is 6.04. The number of carbonyl (C=O) groups is 2. The van der Waals surface area contributed by atoms with Crippen LogP contribution in [0.25, 0.3) is 6.08 Å². The summed E-state index contributed by atoms with van der Waals surface area (Å²) < 4.78 is 28.5. The van der Waals surface area contributed by atoms with Crippen LogP contribution >= 0.6 is 11.6 Å². The summed E-state index contributed by atoms with van der Waals surface area (Å²) in [5.74, 6) is -0.859. The highest BCUT2D eigenvalue weighted by Crippen LogP contribution is 2.32. The fourth-order valence-corrected chi connectivity index (χ4v) is 5.09. The van der Waals surface area contributed by atoms with Gasteiger partial charge in [-0.2, -0.15) is 0 Å². The molecule has 1 saturated carbocycles. The monoisotopic (exact) mass is 411 g/mol. The summed E-state index contributed by atoms with van der Waals surface area (Å²) in [6, 6.07) is 5.17. The predicted molar refractivity (Wildman–Crippen MR) is 103 cm³/mol. The summed E-state index contributed by atoms with van der Waals surface area (Å²) in [5.41, 5.74) is 1.70. The Morgan fingerprint density at radius 2 is 2.00 bits per heavy atom. The maximum atomic E-state index is 12.5. The number of carbonyl (C=O) groups excluding carboxylic acids is 2. The second-order valence-corrected chi connectivity index (χ2v) is 9.67. The molecule has 3 rings (SSSR count). The summed E-state index contributed by atoms with van der Waals surface area (Å²) in [6.45, 7) is 1.50. The SMILES string of the molecule is Cc1ccc(/C=C/C(=O)OCC(=O)N(C2CC2)[C@H]2CCS(=O)(=O)C2)cc1Cl. The summed E-state index contributed by atoms with van der Waals surface area (Å²) in [6.07, 6.45) is 5.00. The number of rotatable bonds is 6. The summed E-state index contributed by atoms with van der Waals surface area (Å²) in [5, 5.41) is 0.604. The topological polar surface area (TPSA) is 80.8 Å². The zero-order valence-electron chi connectivity index (χ0n) is 15.1. The van der Waals surface area contributed by atoms with Gasteiger partial charge in [-0.1, -0.05) is 23.7 Å². The number of benzene rings is 1. The zero-order valence-corrected chi connectivity index (χ0v) is 16.6. The van der Waals surface area contributed by atoms with E-state index in [1.54, 1.807) is 17.0 Å². The van der Waals surface area contributed by atoms with Crippen LogP contribution in [-0.2, 0) is 24.2 Å². The van der Waals surface area contributed by atoms with Crippen molar-refractivity contribution in [1.29, 1.82) is 0 Å². The Bertz CT molecular complexity index is 876. The average molecular weight is 412 g/mol. The lowest BCUT2D eigenvalue weighted by Crippen LogP contribution is -2.44. The molecule has 1 atom stereocenters. The Morgan fingerprint density at radius 3 is 2.59 bits per heavy atom. The second-order valence-electron chi connectivity index (χ2n) is 7.04. The molecule has 0 radical (unpaired) electrons. The molecule has 0 bridgehead atoms. The van der Waals surface area contributed by atoms with Gasteiger partial charge in [0, 0.05) is 23.2 Å². The number of aryl methyl sites for hydroxylation is 1. The van der Waals surface area contributed by atoms with E-state index in [1.807, 2.05) is 19.1 Å². The molecule has 1 aromatic carbocycles. The van der Waals surface area contributed by atoms with Crippen LogP contribution in [0.4, 0.5) is 0 Å². The Hall–Kier alpha value is -1.86. The van der Waals surface area contributed by atoms with Crippen molar-refractivity contribution in [3.05, 3.63) is 40.4 Å².